The maximum absolute atomic E-state index is 11.5. The average Bonchev–Trinajstić information content (AvgIpc) is 3.18. The Morgan fingerprint density at radius 3 is 2.74 bits per heavy atom. The molecule has 1 rings (SSSR count). The van der Waals surface area contributed by atoms with Gasteiger partial charge in [-0.25, -0.2) is 13.1 Å². The second-order valence-corrected chi connectivity index (χ2v) is 6.57. The number of ether oxygens (including phenoxy) is 1. The van der Waals surface area contributed by atoms with Gasteiger partial charge in [-0.2, -0.15) is 0 Å². The molecular weight excluding hydrogens is 270 g/mol. The van der Waals surface area contributed by atoms with Crippen LogP contribution in [0.1, 0.15) is 19.8 Å². The van der Waals surface area contributed by atoms with Crippen LogP contribution in [0, 0.1) is 5.92 Å². The molecule has 0 aromatic heterocycles. The minimum atomic E-state index is -3.46. The topological polar surface area (TPSA) is 111 Å². The van der Waals surface area contributed by atoms with Gasteiger partial charge in [0.15, 0.2) is 0 Å². The SMILES string of the molecule is CCOCCS(=O)(=O)NCC(=O)NCC(N)C1CC1. The van der Waals surface area contributed by atoms with Crippen molar-refractivity contribution < 1.29 is 17.9 Å². The first-order chi connectivity index (χ1) is 8.94. The van der Waals surface area contributed by atoms with E-state index >= 15 is 0 Å². The number of nitrogens with one attached hydrogen (secondary N) is 2. The van der Waals surface area contributed by atoms with Crippen molar-refractivity contribution in [3.8, 4) is 0 Å². The first-order valence-corrected chi connectivity index (χ1v) is 8.17. The van der Waals surface area contributed by atoms with E-state index in [0.29, 0.717) is 19.1 Å². The average molecular weight is 293 g/mol. The minimum Gasteiger partial charge on any atom is -0.381 e. The molecule has 8 heteroatoms. The zero-order valence-electron chi connectivity index (χ0n) is 11.2. The lowest BCUT2D eigenvalue weighted by atomic mass is 10.2. The summed E-state index contributed by atoms with van der Waals surface area (Å²) in [5.41, 5.74) is 5.82. The molecule has 0 bridgehead atoms. The predicted molar refractivity (Wildman–Crippen MR) is 72.0 cm³/mol. The molecule has 1 amide bonds. The maximum Gasteiger partial charge on any atom is 0.235 e. The fraction of sp³-hybridized carbons (Fsp3) is 0.909. The Morgan fingerprint density at radius 2 is 2.16 bits per heavy atom. The number of nitrogens with two attached hydrogens (primary N) is 1. The molecule has 1 aliphatic carbocycles. The first-order valence-electron chi connectivity index (χ1n) is 6.52. The van der Waals surface area contributed by atoms with Gasteiger partial charge in [0.05, 0.1) is 18.9 Å². The molecule has 112 valence electrons. The highest BCUT2D eigenvalue weighted by molar-refractivity contribution is 7.89. The highest BCUT2D eigenvalue weighted by Gasteiger charge is 2.28. The van der Waals surface area contributed by atoms with Crippen molar-refractivity contribution in [2.75, 3.05) is 32.1 Å². The van der Waals surface area contributed by atoms with Gasteiger partial charge in [0, 0.05) is 19.2 Å². The van der Waals surface area contributed by atoms with E-state index < -0.39 is 10.0 Å². The standard InChI is InChI=1S/C11H23N3O4S/c1-2-18-5-6-19(16,17)14-8-11(15)13-7-10(12)9-3-4-9/h9-10,14H,2-8,12H2,1H3,(H,13,15). The van der Waals surface area contributed by atoms with E-state index in [2.05, 4.69) is 10.0 Å². The molecule has 0 saturated heterocycles. The molecular formula is C11H23N3O4S. The van der Waals surface area contributed by atoms with Crippen molar-refractivity contribution in [3.63, 3.8) is 0 Å². The molecule has 0 aromatic rings. The van der Waals surface area contributed by atoms with Crippen molar-refractivity contribution in [1.29, 1.82) is 0 Å². The fourth-order valence-corrected chi connectivity index (χ4v) is 2.38. The number of carbonyl (C=O) groups is 1. The van der Waals surface area contributed by atoms with Crippen molar-refractivity contribution >= 4 is 15.9 Å². The van der Waals surface area contributed by atoms with E-state index in [0.717, 1.165) is 12.8 Å². The summed E-state index contributed by atoms with van der Waals surface area (Å²) >= 11 is 0. The van der Waals surface area contributed by atoms with Crippen molar-refractivity contribution in [2.24, 2.45) is 11.7 Å². The molecule has 19 heavy (non-hydrogen) atoms. The number of hydrogen-bond acceptors (Lipinski definition) is 5. The van der Waals surface area contributed by atoms with Crippen LogP contribution in [0.4, 0.5) is 0 Å². The Hall–Kier alpha value is -0.700. The van der Waals surface area contributed by atoms with Crippen LogP contribution in [0.2, 0.25) is 0 Å². The van der Waals surface area contributed by atoms with E-state index in [1.54, 1.807) is 6.92 Å². The second-order valence-electron chi connectivity index (χ2n) is 4.64. The van der Waals surface area contributed by atoms with Crippen LogP contribution in [0.25, 0.3) is 0 Å². The molecule has 7 nitrogen and oxygen atoms in total. The smallest absolute Gasteiger partial charge is 0.235 e. The summed E-state index contributed by atoms with van der Waals surface area (Å²) in [6.45, 7) is 2.52. The lowest BCUT2D eigenvalue weighted by Gasteiger charge is -2.12. The summed E-state index contributed by atoms with van der Waals surface area (Å²) in [5.74, 6) is -0.00493. The summed E-state index contributed by atoms with van der Waals surface area (Å²) < 4.78 is 30.1. The Kier molecular flexibility index (Phi) is 6.70. The highest BCUT2D eigenvalue weighted by Crippen LogP contribution is 2.31. The van der Waals surface area contributed by atoms with Crippen LogP contribution in [0.15, 0.2) is 0 Å². The normalized spacial score (nSPS) is 17.2. The van der Waals surface area contributed by atoms with Crippen LogP contribution < -0.4 is 15.8 Å². The Balaban J connectivity index is 2.13. The number of hydrogen-bond donors (Lipinski definition) is 3. The first kappa shape index (κ1) is 16.4. The lowest BCUT2D eigenvalue weighted by Crippen LogP contribution is -2.43. The van der Waals surface area contributed by atoms with E-state index in [9.17, 15) is 13.2 Å². The number of sulfonamides is 1. The molecule has 0 radical (unpaired) electrons. The van der Waals surface area contributed by atoms with Gasteiger partial charge >= 0.3 is 0 Å². The Bertz CT molecular complexity index is 381. The summed E-state index contributed by atoms with van der Waals surface area (Å²) in [6, 6.07) is -0.0292. The molecule has 1 aliphatic rings. The van der Waals surface area contributed by atoms with Crippen molar-refractivity contribution in [2.45, 2.75) is 25.8 Å². The summed E-state index contributed by atoms with van der Waals surface area (Å²) in [7, 11) is -3.46. The Morgan fingerprint density at radius 1 is 1.47 bits per heavy atom. The van der Waals surface area contributed by atoms with Crippen LogP contribution in [-0.4, -0.2) is 52.4 Å². The minimum absolute atomic E-state index is 0.0292. The quantitative estimate of drug-likeness (QED) is 0.438. The van der Waals surface area contributed by atoms with Crippen LogP contribution in [-0.2, 0) is 19.6 Å². The van der Waals surface area contributed by atoms with E-state index in [1.165, 1.54) is 0 Å². The molecule has 1 saturated carbocycles. The molecule has 0 spiro atoms. The van der Waals surface area contributed by atoms with Crippen LogP contribution in [0.5, 0.6) is 0 Å². The third-order valence-electron chi connectivity index (χ3n) is 2.92. The third kappa shape index (κ3) is 7.46. The van der Waals surface area contributed by atoms with Gasteiger partial charge in [-0.1, -0.05) is 0 Å². The molecule has 0 aliphatic heterocycles. The lowest BCUT2D eigenvalue weighted by molar-refractivity contribution is -0.120. The largest absolute Gasteiger partial charge is 0.381 e. The zero-order valence-corrected chi connectivity index (χ0v) is 12.0. The van der Waals surface area contributed by atoms with Crippen molar-refractivity contribution in [1.82, 2.24) is 10.0 Å². The molecule has 0 heterocycles. The van der Waals surface area contributed by atoms with Gasteiger partial charge in [-0.3, -0.25) is 4.79 Å². The fourth-order valence-electron chi connectivity index (χ4n) is 1.55. The molecule has 1 unspecified atom stereocenters. The predicted octanol–water partition coefficient (Wildman–Crippen LogP) is -1.20. The summed E-state index contributed by atoms with van der Waals surface area (Å²) in [6.07, 6.45) is 2.22. The number of rotatable bonds is 10. The monoisotopic (exact) mass is 293 g/mol. The molecule has 1 atom stereocenters. The maximum atomic E-state index is 11.5. The van der Waals surface area contributed by atoms with Gasteiger partial charge in [0.25, 0.3) is 0 Å². The summed E-state index contributed by atoms with van der Waals surface area (Å²) in [4.78, 5) is 11.4. The van der Waals surface area contributed by atoms with E-state index in [4.69, 9.17) is 10.5 Å². The second kappa shape index (κ2) is 7.78. The van der Waals surface area contributed by atoms with Gasteiger partial charge in [-0.05, 0) is 25.7 Å². The third-order valence-corrected chi connectivity index (χ3v) is 4.20. The number of carbonyl (C=O) groups excluding carboxylic acids is 1. The molecule has 0 aromatic carbocycles. The van der Waals surface area contributed by atoms with Crippen LogP contribution >= 0.6 is 0 Å². The van der Waals surface area contributed by atoms with Crippen LogP contribution in [0.3, 0.4) is 0 Å². The molecule has 1 fully saturated rings. The number of amides is 1. The molecule has 4 N–H and O–H groups in total. The van der Waals surface area contributed by atoms with Crippen molar-refractivity contribution in [3.05, 3.63) is 0 Å². The zero-order chi connectivity index (χ0) is 14.3. The Labute approximate surface area is 114 Å². The van der Waals surface area contributed by atoms with Gasteiger partial charge < -0.3 is 15.8 Å². The summed E-state index contributed by atoms with van der Waals surface area (Å²) in [5, 5.41) is 2.62. The van der Waals surface area contributed by atoms with E-state index in [1.807, 2.05) is 0 Å². The van der Waals surface area contributed by atoms with Gasteiger partial charge in [-0.15, -0.1) is 0 Å². The van der Waals surface area contributed by atoms with Gasteiger partial charge in [0.1, 0.15) is 0 Å². The van der Waals surface area contributed by atoms with Gasteiger partial charge in [0.2, 0.25) is 15.9 Å². The highest BCUT2D eigenvalue weighted by atomic mass is 32.2. The van der Waals surface area contributed by atoms with E-state index in [-0.39, 0.29) is 30.9 Å².